The van der Waals surface area contributed by atoms with Crippen LogP contribution in [0.4, 0.5) is 0 Å². The molecule has 1 atom stereocenters. The summed E-state index contributed by atoms with van der Waals surface area (Å²) in [6.07, 6.45) is 3.99. The molecule has 16 heavy (non-hydrogen) atoms. The summed E-state index contributed by atoms with van der Waals surface area (Å²) in [6.45, 7) is 7.39. The smallest absolute Gasteiger partial charge is 0.202 e. The van der Waals surface area contributed by atoms with Gasteiger partial charge < -0.3 is 0 Å². The highest BCUT2D eigenvalue weighted by molar-refractivity contribution is 7.87. The molecule has 1 aliphatic rings. The fourth-order valence-electron chi connectivity index (χ4n) is 1.99. The molecule has 1 heterocycles. The average Bonchev–Trinajstić information content (AvgIpc) is 2.17. The zero-order valence-electron chi connectivity index (χ0n) is 10.6. The summed E-state index contributed by atoms with van der Waals surface area (Å²) < 4.78 is 28.3. The van der Waals surface area contributed by atoms with Crippen LogP contribution in [0, 0.1) is 5.92 Å². The van der Waals surface area contributed by atoms with Gasteiger partial charge >= 0.3 is 0 Å². The zero-order valence-corrected chi connectivity index (χ0v) is 11.4. The molecule has 0 spiro atoms. The SMILES string of the molecule is CC(C)CCNS(=O)(=O)N1CCCC[C@@H]1C. The molecule has 0 amide bonds. The maximum Gasteiger partial charge on any atom is 0.279 e. The van der Waals surface area contributed by atoms with E-state index in [1.807, 2.05) is 6.92 Å². The number of nitrogens with one attached hydrogen (secondary N) is 1. The summed E-state index contributed by atoms with van der Waals surface area (Å²) in [5.41, 5.74) is 0. The molecule has 1 rings (SSSR count). The molecule has 1 fully saturated rings. The van der Waals surface area contributed by atoms with E-state index in [4.69, 9.17) is 0 Å². The predicted molar refractivity (Wildman–Crippen MR) is 66.4 cm³/mol. The molecule has 0 saturated carbocycles. The second-order valence-corrected chi connectivity index (χ2v) is 6.75. The topological polar surface area (TPSA) is 49.4 Å². The minimum absolute atomic E-state index is 0.144. The summed E-state index contributed by atoms with van der Waals surface area (Å²) in [5.74, 6) is 0.529. The maximum atomic E-state index is 12.0. The summed E-state index contributed by atoms with van der Waals surface area (Å²) in [5, 5.41) is 0. The van der Waals surface area contributed by atoms with E-state index in [0.717, 1.165) is 25.7 Å². The van der Waals surface area contributed by atoms with Gasteiger partial charge in [-0.05, 0) is 32.1 Å². The van der Waals surface area contributed by atoms with E-state index in [1.165, 1.54) is 0 Å². The van der Waals surface area contributed by atoms with Crippen molar-refractivity contribution >= 4 is 10.2 Å². The third-order valence-electron chi connectivity index (χ3n) is 3.06. The minimum atomic E-state index is -3.24. The summed E-state index contributed by atoms with van der Waals surface area (Å²) in [4.78, 5) is 0. The lowest BCUT2D eigenvalue weighted by Crippen LogP contribution is -2.48. The molecule has 0 aromatic heterocycles. The van der Waals surface area contributed by atoms with Gasteiger partial charge in [-0.2, -0.15) is 12.7 Å². The van der Waals surface area contributed by atoms with Crippen LogP contribution in [0.5, 0.6) is 0 Å². The van der Waals surface area contributed by atoms with E-state index in [0.29, 0.717) is 19.0 Å². The minimum Gasteiger partial charge on any atom is -0.202 e. The highest BCUT2D eigenvalue weighted by Crippen LogP contribution is 2.18. The molecule has 1 aliphatic heterocycles. The second kappa shape index (κ2) is 5.98. The van der Waals surface area contributed by atoms with Gasteiger partial charge in [0.05, 0.1) is 0 Å². The van der Waals surface area contributed by atoms with Crippen LogP contribution in [-0.4, -0.2) is 31.9 Å². The molecule has 0 radical (unpaired) electrons. The standard InChI is InChI=1S/C11H24N2O2S/c1-10(2)7-8-12-16(14,15)13-9-5-4-6-11(13)3/h10-12H,4-9H2,1-3H3/t11-/m0/s1. The summed E-state index contributed by atoms with van der Waals surface area (Å²) >= 11 is 0. The molecule has 0 bridgehead atoms. The van der Waals surface area contributed by atoms with Crippen LogP contribution in [0.25, 0.3) is 0 Å². The van der Waals surface area contributed by atoms with Crippen molar-refractivity contribution in [3.8, 4) is 0 Å². The monoisotopic (exact) mass is 248 g/mol. The van der Waals surface area contributed by atoms with E-state index >= 15 is 0 Å². The van der Waals surface area contributed by atoms with E-state index in [2.05, 4.69) is 18.6 Å². The van der Waals surface area contributed by atoms with E-state index in [9.17, 15) is 8.42 Å². The molecule has 0 unspecified atom stereocenters. The molecule has 0 aromatic rings. The molecule has 5 heteroatoms. The molecule has 0 aromatic carbocycles. The summed E-state index contributed by atoms with van der Waals surface area (Å²) in [6, 6.07) is 0.144. The Hall–Kier alpha value is -0.130. The van der Waals surface area contributed by atoms with Crippen molar-refractivity contribution in [3.05, 3.63) is 0 Å². The second-order valence-electron chi connectivity index (χ2n) is 5.04. The fraction of sp³-hybridized carbons (Fsp3) is 1.00. The third-order valence-corrected chi connectivity index (χ3v) is 4.79. The van der Waals surface area contributed by atoms with Crippen molar-refractivity contribution in [2.75, 3.05) is 13.1 Å². The Morgan fingerprint density at radius 2 is 2.06 bits per heavy atom. The molecule has 0 aliphatic carbocycles. The highest BCUT2D eigenvalue weighted by atomic mass is 32.2. The Labute approximate surface area is 99.6 Å². The van der Waals surface area contributed by atoms with Gasteiger partial charge in [0, 0.05) is 19.1 Å². The first-order chi connectivity index (χ1) is 7.43. The van der Waals surface area contributed by atoms with Crippen molar-refractivity contribution in [2.24, 2.45) is 5.92 Å². The highest BCUT2D eigenvalue weighted by Gasteiger charge is 2.28. The van der Waals surface area contributed by atoms with Gasteiger partial charge in [-0.15, -0.1) is 0 Å². The van der Waals surface area contributed by atoms with Gasteiger partial charge in [-0.1, -0.05) is 20.3 Å². The van der Waals surface area contributed by atoms with Crippen LogP contribution in [0.1, 0.15) is 46.5 Å². The Morgan fingerprint density at radius 1 is 1.38 bits per heavy atom. The van der Waals surface area contributed by atoms with E-state index in [-0.39, 0.29) is 6.04 Å². The molecule has 1 N–H and O–H groups in total. The maximum absolute atomic E-state index is 12.0. The van der Waals surface area contributed by atoms with Crippen LogP contribution in [0.2, 0.25) is 0 Å². The number of rotatable bonds is 5. The Morgan fingerprint density at radius 3 is 2.62 bits per heavy atom. The Kier molecular flexibility index (Phi) is 5.21. The van der Waals surface area contributed by atoms with Crippen LogP contribution >= 0.6 is 0 Å². The summed E-state index contributed by atoms with van der Waals surface area (Å²) in [7, 11) is -3.24. The van der Waals surface area contributed by atoms with Crippen molar-refractivity contribution in [2.45, 2.75) is 52.5 Å². The van der Waals surface area contributed by atoms with Crippen LogP contribution in [0.3, 0.4) is 0 Å². The van der Waals surface area contributed by atoms with Crippen LogP contribution in [0.15, 0.2) is 0 Å². The predicted octanol–water partition coefficient (Wildman–Crippen LogP) is 1.74. The van der Waals surface area contributed by atoms with E-state index < -0.39 is 10.2 Å². The van der Waals surface area contributed by atoms with Gasteiger partial charge in [0.1, 0.15) is 0 Å². The van der Waals surface area contributed by atoms with Crippen molar-refractivity contribution in [3.63, 3.8) is 0 Å². The lowest BCUT2D eigenvalue weighted by molar-refractivity contribution is 0.265. The Bertz CT molecular complexity index is 301. The van der Waals surface area contributed by atoms with Crippen molar-refractivity contribution in [1.29, 1.82) is 0 Å². The molecular formula is C11H24N2O2S. The van der Waals surface area contributed by atoms with Crippen LogP contribution in [-0.2, 0) is 10.2 Å². The lowest BCUT2D eigenvalue weighted by Gasteiger charge is -2.32. The van der Waals surface area contributed by atoms with E-state index in [1.54, 1.807) is 4.31 Å². The third kappa shape index (κ3) is 4.03. The largest absolute Gasteiger partial charge is 0.279 e. The first-order valence-corrected chi connectivity index (χ1v) is 7.64. The number of hydrogen-bond donors (Lipinski definition) is 1. The fourth-order valence-corrected chi connectivity index (χ4v) is 3.48. The molecule has 1 saturated heterocycles. The van der Waals surface area contributed by atoms with Gasteiger partial charge in [0.25, 0.3) is 10.2 Å². The molecular weight excluding hydrogens is 224 g/mol. The normalized spacial score (nSPS) is 23.9. The lowest BCUT2D eigenvalue weighted by atomic mass is 10.1. The number of hydrogen-bond acceptors (Lipinski definition) is 2. The van der Waals surface area contributed by atoms with Gasteiger partial charge in [0.2, 0.25) is 0 Å². The van der Waals surface area contributed by atoms with Crippen LogP contribution < -0.4 is 4.72 Å². The first kappa shape index (κ1) is 13.9. The molecule has 4 nitrogen and oxygen atoms in total. The van der Waals surface area contributed by atoms with Crippen molar-refractivity contribution < 1.29 is 8.42 Å². The van der Waals surface area contributed by atoms with Gasteiger partial charge in [0.15, 0.2) is 0 Å². The number of piperidine rings is 1. The Balaban J connectivity index is 2.48. The zero-order chi connectivity index (χ0) is 12.2. The first-order valence-electron chi connectivity index (χ1n) is 6.20. The van der Waals surface area contributed by atoms with Gasteiger partial charge in [-0.3, -0.25) is 0 Å². The van der Waals surface area contributed by atoms with Gasteiger partial charge in [-0.25, -0.2) is 4.72 Å². The van der Waals surface area contributed by atoms with Crippen molar-refractivity contribution in [1.82, 2.24) is 9.03 Å². The quantitative estimate of drug-likeness (QED) is 0.805. The number of nitrogens with zero attached hydrogens (tertiary/aromatic N) is 1. The average molecular weight is 248 g/mol. The molecule has 96 valence electrons.